The van der Waals surface area contributed by atoms with Gasteiger partial charge in [0.1, 0.15) is 6.61 Å². The Kier molecular flexibility index (Phi) is 7.91. The Hall–Kier alpha value is -0.900. The monoisotopic (exact) mass is 214 g/mol. The Balaban J connectivity index is 0.000000442. The van der Waals surface area contributed by atoms with E-state index in [4.69, 9.17) is 9.63 Å². The Morgan fingerprint density at radius 2 is 1.87 bits per heavy atom. The zero-order valence-electron chi connectivity index (χ0n) is 10.2. The molecule has 0 unspecified atom stereocenters. The summed E-state index contributed by atoms with van der Waals surface area (Å²) in [7, 11) is 0. The number of hydrogen-bond acceptors (Lipinski definition) is 4. The van der Waals surface area contributed by atoms with Gasteiger partial charge < -0.3 is 9.63 Å². The molecule has 0 atom stereocenters. The molecule has 1 aromatic rings. The fourth-order valence-electron chi connectivity index (χ4n) is 1.15. The fraction of sp³-hybridized carbons (Fsp3) is 0.818. The Morgan fingerprint density at radius 1 is 1.27 bits per heavy atom. The number of hydrogen-bond donors (Lipinski definition) is 1. The Bertz CT molecular complexity index is 244. The first kappa shape index (κ1) is 14.1. The van der Waals surface area contributed by atoms with Crippen molar-refractivity contribution in [1.82, 2.24) is 10.1 Å². The van der Waals surface area contributed by atoms with Gasteiger partial charge in [0.25, 0.3) is 0 Å². The first-order chi connectivity index (χ1) is 7.40. The van der Waals surface area contributed by atoms with Crippen molar-refractivity contribution in [1.29, 1.82) is 0 Å². The molecule has 88 valence electrons. The molecule has 1 N–H and O–H groups in total. The van der Waals surface area contributed by atoms with Gasteiger partial charge in [0, 0.05) is 5.92 Å². The SMILES string of the molecule is CC.CC.OCc1noc(C2CCC2)n1. The number of aromatic nitrogens is 2. The van der Waals surface area contributed by atoms with Gasteiger partial charge in [-0.2, -0.15) is 4.98 Å². The zero-order chi connectivity index (χ0) is 11.7. The molecule has 4 heteroatoms. The second-order valence-corrected chi connectivity index (χ2v) is 2.83. The third-order valence-corrected chi connectivity index (χ3v) is 2.08. The Labute approximate surface area is 91.7 Å². The number of rotatable bonds is 2. The summed E-state index contributed by atoms with van der Waals surface area (Å²) >= 11 is 0. The van der Waals surface area contributed by atoms with Crippen LogP contribution in [0.5, 0.6) is 0 Å². The maximum Gasteiger partial charge on any atom is 0.229 e. The van der Waals surface area contributed by atoms with Crippen LogP contribution in [0.4, 0.5) is 0 Å². The van der Waals surface area contributed by atoms with Gasteiger partial charge in [0.2, 0.25) is 5.89 Å². The van der Waals surface area contributed by atoms with E-state index in [0.717, 1.165) is 12.8 Å². The van der Waals surface area contributed by atoms with Crippen molar-refractivity contribution in [3.63, 3.8) is 0 Å². The second kappa shape index (κ2) is 8.41. The van der Waals surface area contributed by atoms with E-state index >= 15 is 0 Å². The van der Waals surface area contributed by atoms with E-state index in [1.165, 1.54) is 6.42 Å². The molecule has 0 saturated heterocycles. The molecule has 1 heterocycles. The van der Waals surface area contributed by atoms with Crippen LogP contribution in [0, 0.1) is 0 Å². The molecule has 0 spiro atoms. The van der Waals surface area contributed by atoms with E-state index in [9.17, 15) is 0 Å². The lowest BCUT2D eigenvalue weighted by Gasteiger charge is -2.20. The normalized spacial score (nSPS) is 14.2. The standard InChI is InChI=1S/C7H10N2O2.2C2H6/c10-4-6-8-7(11-9-6)5-2-1-3-5;2*1-2/h5,10H,1-4H2;2*1-2H3. The molecule has 15 heavy (non-hydrogen) atoms. The summed E-state index contributed by atoms with van der Waals surface area (Å²) < 4.78 is 4.94. The Morgan fingerprint density at radius 3 is 2.20 bits per heavy atom. The fourth-order valence-corrected chi connectivity index (χ4v) is 1.15. The van der Waals surface area contributed by atoms with Crippen molar-refractivity contribution >= 4 is 0 Å². The van der Waals surface area contributed by atoms with Crippen LogP contribution in [0.1, 0.15) is 64.6 Å². The van der Waals surface area contributed by atoms with E-state index in [-0.39, 0.29) is 6.61 Å². The van der Waals surface area contributed by atoms with Crippen LogP contribution in [-0.4, -0.2) is 15.2 Å². The van der Waals surface area contributed by atoms with Crippen molar-refractivity contribution in [2.75, 3.05) is 0 Å². The van der Waals surface area contributed by atoms with Crippen molar-refractivity contribution in [3.8, 4) is 0 Å². The molecule has 1 saturated carbocycles. The lowest BCUT2D eigenvalue weighted by molar-refractivity contribution is 0.258. The summed E-state index contributed by atoms with van der Waals surface area (Å²) in [5.74, 6) is 1.55. The first-order valence-electron chi connectivity index (χ1n) is 5.83. The van der Waals surface area contributed by atoms with Gasteiger partial charge in [0.05, 0.1) is 0 Å². The second-order valence-electron chi connectivity index (χ2n) is 2.83. The molecule has 1 fully saturated rings. The predicted molar refractivity (Wildman–Crippen MR) is 59.5 cm³/mol. The summed E-state index contributed by atoms with van der Waals surface area (Å²) in [5, 5.41) is 12.2. The highest BCUT2D eigenvalue weighted by atomic mass is 16.5. The molecular weight excluding hydrogens is 192 g/mol. The molecule has 2 rings (SSSR count). The van der Waals surface area contributed by atoms with Gasteiger partial charge in [0.15, 0.2) is 5.82 Å². The van der Waals surface area contributed by atoms with Gasteiger partial charge >= 0.3 is 0 Å². The number of nitrogens with zero attached hydrogens (tertiary/aromatic N) is 2. The summed E-state index contributed by atoms with van der Waals surface area (Å²) in [6.45, 7) is 7.87. The first-order valence-corrected chi connectivity index (χ1v) is 5.83. The average molecular weight is 214 g/mol. The lowest BCUT2D eigenvalue weighted by Crippen LogP contribution is -2.08. The molecule has 1 aromatic heterocycles. The molecule has 1 aliphatic carbocycles. The van der Waals surface area contributed by atoms with Crippen LogP contribution in [0.25, 0.3) is 0 Å². The topological polar surface area (TPSA) is 59.2 Å². The van der Waals surface area contributed by atoms with E-state index in [1.54, 1.807) is 0 Å². The zero-order valence-corrected chi connectivity index (χ0v) is 10.2. The maximum absolute atomic E-state index is 8.64. The van der Waals surface area contributed by atoms with Crippen LogP contribution >= 0.6 is 0 Å². The van der Waals surface area contributed by atoms with E-state index in [2.05, 4.69) is 10.1 Å². The van der Waals surface area contributed by atoms with Crippen molar-refractivity contribution in [3.05, 3.63) is 11.7 Å². The van der Waals surface area contributed by atoms with Gasteiger partial charge in [-0.15, -0.1) is 0 Å². The van der Waals surface area contributed by atoms with E-state index < -0.39 is 0 Å². The minimum Gasteiger partial charge on any atom is -0.388 e. The van der Waals surface area contributed by atoms with E-state index in [1.807, 2.05) is 27.7 Å². The third kappa shape index (κ3) is 4.00. The molecule has 1 aliphatic rings. The summed E-state index contributed by atoms with van der Waals surface area (Å²) in [5.41, 5.74) is 0. The highest BCUT2D eigenvalue weighted by Gasteiger charge is 2.24. The van der Waals surface area contributed by atoms with Gasteiger partial charge in [-0.1, -0.05) is 39.3 Å². The van der Waals surface area contributed by atoms with Crippen molar-refractivity contribution in [2.45, 2.75) is 59.5 Å². The highest BCUT2D eigenvalue weighted by molar-refractivity contribution is 4.97. The summed E-state index contributed by atoms with van der Waals surface area (Å²) in [6.07, 6.45) is 3.54. The number of aliphatic hydroxyl groups is 1. The van der Waals surface area contributed by atoms with Crippen molar-refractivity contribution in [2.24, 2.45) is 0 Å². The summed E-state index contributed by atoms with van der Waals surface area (Å²) in [6, 6.07) is 0. The van der Waals surface area contributed by atoms with E-state index in [0.29, 0.717) is 17.6 Å². The molecule has 0 aliphatic heterocycles. The summed E-state index contributed by atoms with van der Waals surface area (Å²) in [4.78, 5) is 4.02. The molecule has 4 nitrogen and oxygen atoms in total. The van der Waals surface area contributed by atoms with Crippen LogP contribution in [0.15, 0.2) is 4.52 Å². The minimum atomic E-state index is -0.129. The average Bonchev–Trinajstić information content (AvgIpc) is 2.70. The smallest absolute Gasteiger partial charge is 0.229 e. The van der Waals surface area contributed by atoms with Crippen LogP contribution in [0.3, 0.4) is 0 Å². The van der Waals surface area contributed by atoms with Crippen molar-refractivity contribution < 1.29 is 9.63 Å². The van der Waals surface area contributed by atoms with Crippen LogP contribution in [0.2, 0.25) is 0 Å². The third-order valence-electron chi connectivity index (χ3n) is 2.08. The largest absolute Gasteiger partial charge is 0.388 e. The van der Waals surface area contributed by atoms with Gasteiger partial charge in [-0.3, -0.25) is 0 Å². The minimum absolute atomic E-state index is 0.129. The predicted octanol–water partition coefficient (Wildman–Crippen LogP) is 2.88. The quantitative estimate of drug-likeness (QED) is 0.822. The maximum atomic E-state index is 8.64. The number of aliphatic hydroxyl groups excluding tert-OH is 1. The highest BCUT2D eigenvalue weighted by Crippen LogP contribution is 2.34. The molecule has 0 aromatic carbocycles. The molecule has 0 bridgehead atoms. The molecular formula is C11H22N2O2. The lowest BCUT2D eigenvalue weighted by atomic mass is 9.85. The van der Waals surface area contributed by atoms with Crippen LogP contribution in [-0.2, 0) is 6.61 Å². The molecule has 0 amide bonds. The van der Waals surface area contributed by atoms with Gasteiger partial charge in [-0.25, -0.2) is 0 Å². The van der Waals surface area contributed by atoms with Gasteiger partial charge in [-0.05, 0) is 12.8 Å². The molecule has 0 radical (unpaired) electrons. The van der Waals surface area contributed by atoms with Crippen LogP contribution < -0.4 is 0 Å².